The van der Waals surface area contributed by atoms with Crippen LogP contribution in [0.15, 0.2) is 65.7 Å². The van der Waals surface area contributed by atoms with Crippen molar-refractivity contribution < 1.29 is 0 Å². The van der Waals surface area contributed by atoms with Crippen LogP contribution in [0.25, 0.3) is 0 Å². The highest BCUT2D eigenvalue weighted by Crippen LogP contribution is 2.09. The van der Waals surface area contributed by atoms with Gasteiger partial charge in [-0.3, -0.25) is 0 Å². The largest absolute Gasteiger partial charge is 0.346 e. The van der Waals surface area contributed by atoms with Gasteiger partial charge in [-0.2, -0.15) is 0 Å². The average molecular weight is 254 g/mol. The van der Waals surface area contributed by atoms with E-state index in [0.29, 0.717) is 15.2 Å². The van der Waals surface area contributed by atoms with Crippen molar-refractivity contribution >= 4 is 32.9 Å². The molecule has 0 radical (unpaired) electrons. The molecule has 0 aliphatic rings. The highest BCUT2D eigenvalue weighted by atomic mass is 27.1. The van der Waals surface area contributed by atoms with Gasteiger partial charge in [-0.05, 0) is 24.3 Å². The number of rotatable bonds is 3. The lowest BCUT2D eigenvalue weighted by atomic mass is 10.3. The molecule has 0 aliphatic carbocycles. The molecule has 2 aromatic carbocycles. The Balaban J connectivity index is 0.000000492. The van der Waals surface area contributed by atoms with Crippen LogP contribution in [0.1, 0.15) is 0 Å². The third-order valence-electron chi connectivity index (χ3n) is 1.97. The summed E-state index contributed by atoms with van der Waals surface area (Å²) in [5, 5.41) is 3.10. The quantitative estimate of drug-likeness (QED) is 0.500. The van der Waals surface area contributed by atoms with Crippen LogP contribution in [0.4, 0.5) is 11.4 Å². The Morgan fingerprint density at radius 1 is 0.889 bits per heavy atom. The monoisotopic (exact) mass is 254 g/mol. The first-order chi connectivity index (χ1) is 8.86. The third kappa shape index (κ3) is 6.25. The fourth-order valence-corrected chi connectivity index (χ4v) is 1.23. The van der Waals surface area contributed by atoms with Crippen molar-refractivity contribution in [1.29, 1.82) is 0 Å². The normalized spacial score (nSPS) is 9.44. The zero-order valence-corrected chi connectivity index (χ0v) is 12.4. The van der Waals surface area contributed by atoms with E-state index in [4.69, 9.17) is 0 Å². The maximum atomic E-state index is 4.27. The first kappa shape index (κ1) is 14.5. The van der Waals surface area contributed by atoms with Crippen LogP contribution in [0.2, 0.25) is 11.6 Å². The third-order valence-corrected chi connectivity index (χ3v) is 1.97. The Labute approximate surface area is 115 Å². The van der Waals surface area contributed by atoms with Crippen LogP contribution in [-0.2, 0) is 0 Å². The van der Waals surface area contributed by atoms with Crippen LogP contribution >= 0.6 is 0 Å². The first-order valence-corrected chi connectivity index (χ1v) is 9.08. The summed E-state index contributed by atoms with van der Waals surface area (Å²) >= 11 is 0.417. The number of anilines is 1. The van der Waals surface area contributed by atoms with Crippen molar-refractivity contribution in [3.05, 3.63) is 60.7 Å². The van der Waals surface area contributed by atoms with E-state index in [0.717, 1.165) is 11.4 Å². The molecule has 0 aliphatic heterocycles. The lowest BCUT2D eigenvalue weighted by Gasteiger charge is -1.98. The molecular weight excluding hydrogens is 235 g/mol. The van der Waals surface area contributed by atoms with Gasteiger partial charge in [0, 0.05) is 5.69 Å². The van der Waals surface area contributed by atoms with Gasteiger partial charge in [0.2, 0.25) is 15.2 Å². The Morgan fingerprint density at radius 3 is 1.94 bits per heavy atom. The SMILES string of the molecule is C(=N\c1ccccc1)/Nc1ccccc1.[CH3][AlH][CH3]. The lowest BCUT2D eigenvalue weighted by molar-refractivity contribution is 1.52. The Hall–Kier alpha value is -1.56. The second kappa shape index (κ2) is 9.47. The van der Waals surface area contributed by atoms with Gasteiger partial charge in [0.25, 0.3) is 0 Å². The molecule has 0 spiro atoms. The van der Waals surface area contributed by atoms with Crippen molar-refractivity contribution in [2.24, 2.45) is 4.99 Å². The van der Waals surface area contributed by atoms with E-state index < -0.39 is 0 Å². The predicted octanol–water partition coefficient (Wildman–Crippen LogP) is 3.98. The molecule has 1 N–H and O–H groups in total. The fraction of sp³-hybridized carbons (Fsp3) is 0.133. The van der Waals surface area contributed by atoms with Gasteiger partial charge in [-0.25, -0.2) is 4.99 Å². The summed E-state index contributed by atoms with van der Waals surface area (Å²) in [6, 6.07) is 19.8. The Morgan fingerprint density at radius 2 is 1.39 bits per heavy atom. The van der Waals surface area contributed by atoms with Gasteiger partial charge in [0.05, 0.1) is 12.0 Å². The zero-order chi connectivity index (χ0) is 13.1. The smallest absolute Gasteiger partial charge is 0.229 e. The van der Waals surface area contributed by atoms with Gasteiger partial charge < -0.3 is 5.32 Å². The number of benzene rings is 2. The zero-order valence-electron chi connectivity index (χ0n) is 11.0. The lowest BCUT2D eigenvalue weighted by Crippen LogP contribution is -1.92. The predicted molar refractivity (Wildman–Crippen MR) is 83.5 cm³/mol. The summed E-state index contributed by atoms with van der Waals surface area (Å²) in [5.41, 5.74) is 1.98. The summed E-state index contributed by atoms with van der Waals surface area (Å²) in [7, 11) is 0. The van der Waals surface area contributed by atoms with Crippen LogP contribution in [0.5, 0.6) is 0 Å². The summed E-state index contributed by atoms with van der Waals surface area (Å²) < 4.78 is 0. The van der Waals surface area contributed by atoms with Crippen molar-refractivity contribution in [2.75, 3.05) is 5.32 Å². The molecule has 0 heterocycles. The topological polar surface area (TPSA) is 24.4 Å². The number of para-hydroxylation sites is 2. The van der Waals surface area contributed by atoms with E-state index in [2.05, 4.69) is 21.9 Å². The molecule has 2 nitrogen and oxygen atoms in total. The first-order valence-electron chi connectivity index (χ1n) is 6.26. The number of nitrogens with zero attached hydrogens (tertiary/aromatic N) is 1. The standard InChI is InChI=1S/C13H12N2.2CH3.Al.H/c1-3-7-12(8-4-1)14-11-15-13-9-5-2-6-10-13;;;;/h1-11H,(H,14,15);2*1H3;;. The molecule has 3 heteroatoms. The summed E-state index contributed by atoms with van der Waals surface area (Å²) in [5.74, 6) is 4.53. The number of aliphatic imine (C=N–C) groups is 1. The van der Waals surface area contributed by atoms with Crippen LogP contribution in [-0.4, -0.2) is 21.6 Å². The average Bonchev–Trinajstić information content (AvgIpc) is 2.42. The van der Waals surface area contributed by atoms with Crippen LogP contribution < -0.4 is 5.32 Å². The van der Waals surface area contributed by atoms with E-state index in [9.17, 15) is 0 Å². The van der Waals surface area contributed by atoms with Crippen molar-refractivity contribution in [3.63, 3.8) is 0 Å². The minimum Gasteiger partial charge on any atom is -0.346 e. The highest BCUT2D eigenvalue weighted by molar-refractivity contribution is 6.31. The summed E-state index contributed by atoms with van der Waals surface area (Å²) in [6.07, 6.45) is 1.70. The molecule has 0 saturated heterocycles. The highest BCUT2D eigenvalue weighted by Gasteiger charge is 1.85. The maximum Gasteiger partial charge on any atom is 0.229 e. The number of nitrogens with one attached hydrogen (secondary N) is 1. The molecule has 0 aromatic heterocycles. The summed E-state index contributed by atoms with van der Waals surface area (Å²) in [6.45, 7) is 0. The molecule has 0 atom stereocenters. The van der Waals surface area contributed by atoms with E-state index >= 15 is 0 Å². The Kier molecular flexibility index (Phi) is 7.63. The minimum absolute atomic E-state index is 0.417. The van der Waals surface area contributed by atoms with E-state index in [1.807, 2.05) is 60.7 Å². The maximum absolute atomic E-state index is 4.27. The van der Waals surface area contributed by atoms with Crippen molar-refractivity contribution in [1.82, 2.24) is 0 Å². The van der Waals surface area contributed by atoms with E-state index in [1.165, 1.54) is 0 Å². The molecule has 0 bridgehead atoms. The number of hydrogen-bond donors (Lipinski definition) is 1. The van der Waals surface area contributed by atoms with Crippen LogP contribution in [0.3, 0.4) is 0 Å². The van der Waals surface area contributed by atoms with Gasteiger partial charge in [-0.1, -0.05) is 36.4 Å². The van der Waals surface area contributed by atoms with E-state index in [1.54, 1.807) is 6.34 Å². The number of hydrogen-bond acceptors (Lipinski definition) is 1. The Bertz CT molecular complexity index is 441. The summed E-state index contributed by atoms with van der Waals surface area (Å²) in [4.78, 5) is 4.27. The van der Waals surface area contributed by atoms with Gasteiger partial charge in [0.1, 0.15) is 0 Å². The van der Waals surface area contributed by atoms with E-state index in [-0.39, 0.29) is 0 Å². The minimum atomic E-state index is 0.417. The fourth-order valence-electron chi connectivity index (χ4n) is 1.23. The molecule has 92 valence electrons. The second-order valence-electron chi connectivity index (χ2n) is 3.81. The second-order valence-corrected chi connectivity index (χ2v) is 5.23. The van der Waals surface area contributed by atoms with Gasteiger partial charge >= 0.3 is 0 Å². The molecular formula is C15H19AlN2. The molecule has 0 unspecified atom stereocenters. The van der Waals surface area contributed by atoms with Gasteiger partial charge in [0.15, 0.2) is 0 Å². The van der Waals surface area contributed by atoms with Crippen molar-refractivity contribution in [2.45, 2.75) is 11.6 Å². The molecule has 2 aromatic rings. The molecule has 0 saturated carbocycles. The van der Waals surface area contributed by atoms with Gasteiger partial charge in [-0.15, -0.1) is 11.6 Å². The molecule has 0 fully saturated rings. The molecule has 0 amide bonds. The molecule has 2 rings (SSSR count). The van der Waals surface area contributed by atoms with Crippen molar-refractivity contribution in [3.8, 4) is 0 Å². The van der Waals surface area contributed by atoms with Crippen LogP contribution in [0, 0.1) is 0 Å². The molecule has 18 heavy (non-hydrogen) atoms.